The number of hydrogen-bond acceptors (Lipinski definition) is 2. The van der Waals surface area contributed by atoms with E-state index in [4.69, 9.17) is 0 Å². The first-order valence-electron chi connectivity index (χ1n) is 16.6. The third-order valence-corrected chi connectivity index (χ3v) is 12.5. The summed E-state index contributed by atoms with van der Waals surface area (Å²) in [5.74, 6) is 0. The highest BCUT2D eigenvalue weighted by Gasteiger charge is 2.17. The molecule has 0 amide bonds. The first-order valence-corrected chi connectivity index (χ1v) is 20.9. The maximum Gasteiger partial charge on any atom is 0.0775 e. The lowest BCUT2D eigenvalue weighted by Crippen LogP contribution is -2.37. The molecule has 0 spiro atoms. The molecule has 0 N–H and O–H groups in total. The van der Waals surface area contributed by atoms with E-state index in [2.05, 4.69) is 194 Å². The third-order valence-electron chi connectivity index (χ3n) is 9.28. The maximum absolute atomic E-state index is 2.40. The Morgan fingerprint density at radius 1 is 0.375 bits per heavy atom. The Hall–Kier alpha value is -5.22. The van der Waals surface area contributed by atoms with E-state index in [0.717, 1.165) is 17.1 Å². The van der Waals surface area contributed by atoms with E-state index < -0.39 is 8.07 Å². The van der Waals surface area contributed by atoms with Gasteiger partial charge in [-0.15, -0.1) is 11.3 Å². The summed E-state index contributed by atoms with van der Waals surface area (Å²) >= 11 is 1.86. The normalized spacial score (nSPS) is 11.6. The Morgan fingerprint density at radius 2 is 0.792 bits per heavy atom. The number of hydrogen-bond donors (Lipinski definition) is 0. The average molecular weight is 652 g/mol. The van der Waals surface area contributed by atoms with Crippen LogP contribution in [-0.4, -0.2) is 8.07 Å². The van der Waals surface area contributed by atoms with Gasteiger partial charge in [0.1, 0.15) is 0 Å². The molecule has 0 atom stereocenters. The zero-order chi connectivity index (χ0) is 32.7. The van der Waals surface area contributed by atoms with Crippen LogP contribution in [0.5, 0.6) is 0 Å². The molecule has 0 bridgehead atoms. The van der Waals surface area contributed by atoms with Gasteiger partial charge in [0.15, 0.2) is 0 Å². The SMILES string of the molecule is C[Si](C)(C)c1ccc(-c2ccc(N(c3ccc(-c4ccccc4)cc3)c3ccc(-c4ccc5sc6ccccc6c5c4)cc3)cc2)cc1. The van der Waals surface area contributed by atoms with Crippen LogP contribution in [0.4, 0.5) is 17.1 Å². The minimum absolute atomic E-state index is 1.13. The van der Waals surface area contributed by atoms with Crippen molar-refractivity contribution in [1.29, 1.82) is 0 Å². The zero-order valence-electron chi connectivity index (χ0n) is 27.5. The largest absolute Gasteiger partial charge is 0.311 e. The molecule has 0 unspecified atom stereocenters. The van der Waals surface area contributed by atoms with E-state index in [1.807, 2.05) is 11.3 Å². The topological polar surface area (TPSA) is 3.24 Å². The summed E-state index contributed by atoms with van der Waals surface area (Å²) in [5, 5.41) is 4.14. The Morgan fingerprint density at radius 3 is 1.33 bits per heavy atom. The van der Waals surface area contributed by atoms with Gasteiger partial charge < -0.3 is 4.90 Å². The van der Waals surface area contributed by atoms with Gasteiger partial charge in [0, 0.05) is 37.2 Å². The standard InChI is InChI=1S/C45H37NSSi/c1-48(2,3)41-28-19-35(20-29-41)34-15-24-39(25-16-34)46(38-22-13-33(14-23-38)32-9-5-4-6-10-32)40-26-17-36(18-27-40)37-21-30-45-43(31-37)42-11-7-8-12-44(42)47-45/h4-31H,1-3H3. The van der Waals surface area contributed by atoms with Crippen molar-refractivity contribution in [3.05, 3.63) is 170 Å². The fourth-order valence-corrected chi connectivity index (χ4v) is 8.81. The highest BCUT2D eigenvalue weighted by molar-refractivity contribution is 7.25. The van der Waals surface area contributed by atoms with Gasteiger partial charge >= 0.3 is 0 Å². The molecule has 0 aliphatic heterocycles. The van der Waals surface area contributed by atoms with Gasteiger partial charge in [-0.25, -0.2) is 0 Å². The van der Waals surface area contributed by atoms with Crippen LogP contribution in [-0.2, 0) is 0 Å². The molecule has 3 heteroatoms. The minimum atomic E-state index is -1.33. The number of benzene rings is 7. The van der Waals surface area contributed by atoms with Crippen LogP contribution >= 0.6 is 11.3 Å². The van der Waals surface area contributed by atoms with Gasteiger partial charge in [-0.2, -0.15) is 0 Å². The Labute approximate surface area is 288 Å². The molecule has 0 fully saturated rings. The monoisotopic (exact) mass is 651 g/mol. The lowest BCUT2D eigenvalue weighted by atomic mass is 10.0. The van der Waals surface area contributed by atoms with Gasteiger partial charge in [0.2, 0.25) is 0 Å². The minimum Gasteiger partial charge on any atom is -0.311 e. The molecule has 0 radical (unpaired) electrons. The maximum atomic E-state index is 2.40. The van der Waals surface area contributed by atoms with Crippen LogP contribution in [0.25, 0.3) is 53.6 Å². The number of nitrogens with zero attached hydrogens (tertiary/aromatic N) is 1. The zero-order valence-corrected chi connectivity index (χ0v) is 29.3. The predicted octanol–water partition coefficient (Wildman–Crippen LogP) is 13.1. The van der Waals surface area contributed by atoms with Crippen molar-refractivity contribution in [3.8, 4) is 33.4 Å². The Kier molecular flexibility index (Phi) is 7.80. The molecule has 7 aromatic carbocycles. The van der Waals surface area contributed by atoms with Gasteiger partial charge in [-0.1, -0.05) is 140 Å². The van der Waals surface area contributed by atoms with Crippen molar-refractivity contribution >= 4 is 61.8 Å². The predicted molar refractivity (Wildman–Crippen MR) is 213 cm³/mol. The smallest absolute Gasteiger partial charge is 0.0775 e. The van der Waals surface area contributed by atoms with Gasteiger partial charge in [-0.3, -0.25) is 0 Å². The summed E-state index contributed by atoms with van der Waals surface area (Å²) in [7, 11) is -1.33. The second kappa shape index (κ2) is 12.4. The van der Waals surface area contributed by atoms with Crippen molar-refractivity contribution < 1.29 is 0 Å². The van der Waals surface area contributed by atoms with E-state index in [1.165, 1.54) is 58.7 Å². The quantitative estimate of drug-likeness (QED) is 0.155. The molecule has 0 saturated carbocycles. The third kappa shape index (κ3) is 5.88. The van der Waals surface area contributed by atoms with Crippen LogP contribution in [0.2, 0.25) is 19.6 Å². The number of thiophene rings is 1. The molecule has 1 nitrogen and oxygen atoms in total. The molecule has 8 rings (SSSR count). The van der Waals surface area contributed by atoms with Crippen molar-refractivity contribution in [2.24, 2.45) is 0 Å². The number of anilines is 3. The van der Waals surface area contributed by atoms with Crippen molar-refractivity contribution in [1.82, 2.24) is 0 Å². The fraction of sp³-hybridized carbons (Fsp3) is 0.0667. The van der Waals surface area contributed by atoms with Crippen LogP contribution in [0.3, 0.4) is 0 Å². The summed E-state index contributed by atoms with van der Waals surface area (Å²) in [6.45, 7) is 7.19. The molecule has 0 aliphatic carbocycles. The van der Waals surface area contributed by atoms with Gasteiger partial charge in [-0.05, 0) is 88.0 Å². The summed E-state index contributed by atoms with van der Waals surface area (Å²) < 4.78 is 2.67. The number of fused-ring (bicyclic) bond motifs is 3. The Bertz CT molecular complexity index is 2330. The lowest BCUT2D eigenvalue weighted by Gasteiger charge is -2.26. The highest BCUT2D eigenvalue weighted by atomic mass is 32.1. The lowest BCUT2D eigenvalue weighted by molar-refractivity contribution is 1.28. The van der Waals surface area contributed by atoms with Crippen molar-refractivity contribution in [2.75, 3.05) is 4.90 Å². The van der Waals surface area contributed by atoms with E-state index in [-0.39, 0.29) is 0 Å². The first-order chi connectivity index (χ1) is 23.4. The van der Waals surface area contributed by atoms with Crippen molar-refractivity contribution in [2.45, 2.75) is 19.6 Å². The summed E-state index contributed by atoms with van der Waals surface area (Å²) in [4.78, 5) is 2.35. The molecule has 232 valence electrons. The van der Waals surface area contributed by atoms with Crippen LogP contribution in [0, 0.1) is 0 Å². The molecule has 8 aromatic rings. The highest BCUT2D eigenvalue weighted by Crippen LogP contribution is 2.39. The fourth-order valence-electron chi connectivity index (χ4n) is 6.55. The number of rotatable bonds is 7. The molecular formula is C45H37NSSi. The molecule has 1 aromatic heterocycles. The average Bonchev–Trinajstić information content (AvgIpc) is 3.51. The summed E-state index contributed by atoms with van der Waals surface area (Å²) in [6, 6.07) is 62.2. The molecular weight excluding hydrogens is 615 g/mol. The van der Waals surface area contributed by atoms with Crippen LogP contribution < -0.4 is 10.1 Å². The van der Waals surface area contributed by atoms with Gasteiger partial charge in [0.05, 0.1) is 8.07 Å². The molecule has 48 heavy (non-hydrogen) atoms. The van der Waals surface area contributed by atoms with E-state index >= 15 is 0 Å². The first kappa shape index (κ1) is 30.1. The van der Waals surface area contributed by atoms with Crippen LogP contribution in [0.15, 0.2) is 170 Å². The second-order valence-electron chi connectivity index (χ2n) is 13.5. The van der Waals surface area contributed by atoms with Crippen LogP contribution in [0.1, 0.15) is 0 Å². The summed E-state index contributed by atoms with van der Waals surface area (Å²) in [6.07, 6.45) is 0. The van der Waals surface area contributed by atoms with E-state index in [9.17, 15) is 0 Å². The molecule has 0 saturated heterocycles. The Balaban J connectivity index is 1.15. The second-order valence-corrected chi connectivity index (χ2v) is 19.6. The van der Waals surface area contributed by atoms with Crippen molar-refractivity contribution in [3.63, 3.8) is 0 Å². The van der Waals surface area contributed by atoms with E-state index in [0.29, 0.717) is 0 Å². The van der Waals surface area contributed by atoms with Gasteiger partial charge in [0.25, 0.3) is 0 Å². The molecule has 0 aliphatic rings. The molecule has 1 heterocycles. The van der Waals surface area contributed by atoms with E-state index in [1.54, 1.807) is 0 Å². The summed E-state index contributed by atoms with van der Waals surface area (Å²) in [5.41, 5.74) is 10.7.